The molecule has 0 heterocycles. The molecule has 3 nitrogen and oxygen atoms in total. The van der Waals surface area contributed by atoms with Crippen molar-refractivity contribution >= 4 is 11.8 Å². The zero-order valence-electron chi connectivity index (χ0n) is 16.5. The summed E-state index contributed by atoms with van der Waals surface area (Å²) in [6, 6.07) is 1.95. The van der Waals surface area contributed by atoms with Crippen molar-refractivity contribution in [2.75, 3.05) is 24.7 Å². The lowest BCUT2D eigenvalue weighted by Crippen LogP contribution is -2.21. The summed E-state index contributed by atoms with van der Waals surface area (Å²) in [7, 11) is 0. The van der Waals surface area contributed by atoms with Crippen LogP contribution in [0.1, 0.15) is 96.8 Å². The average molecular weight is 372 g/mol. The molecule has 0 bridgehead atoms. The first-order valence-electron chi connectivity index (χ1n) is 10.5. The minimum Gasteiger partial charge on any atom is -0.394 e. The highest BCUT2D eigenvalue weighted by molar-refractivity contribution is 7.99. The van der Waals surface area contributed by atoms with E-state index in [1.165, 1.54) is 89.9 Å². The molecular formula is C21H41NO2S. The number of nitriles is 1. The maximum atomic E-state index is 9.13. The molecule has 0 rings (SSSR count). The van der Waals surface area contributed by atoms with Gasteiger partial charge in [-0.25, -0.2) is 0 Å². The number of hydrogen-bond donors (Lipinski definition) is 1. The molecule has 1 unspecified atom stereocenters. The monoisotopic (exact) mass is 371 g/mol. The molecule has 1 atom stereocenters. The smallest absolute Gasteiger partial charge is 0.134 e. The molecule has 0 aromatic rings. The summed E-state index contributed by atoms with van der Waals surface area (Å²) in [4.78, 5) is 0. The Balaban J connectivity index is 3.13. The lowest BCUT2D eigenvalue weighted by Gasteiger charge is -2.12. The first-order chi connectivity index (χ1) is 12.3. The van der Waals surface area contributed by atoms with Crippen molar-refractivity contribution in [2.45, 2.75) is 103 Å². The van der Waals surface area contributed by atoms with Crippen molar-refractivity contribution in [1.29, 1.82) is 5.26 Å². The van der Waals surface area contributed by atoms with Crippen LogP contribution in [-0.2, 0) is 4.74 Å². The maximum Gasteiger partial charge on any atom is 0.134 e. The van der Waals surface area contributed by atoms with E-state index < -0.39 is 0 Å². The second-order valence-corrected chi connectivity index (χ2v) is 8.09. The Morgan fingerprint density at radius 3 is 1.76 bits per heavy atom. The quantitative estimate of drug-likeness (QED) is 0.263. The van der Waals surface area contributed by atoms with Gasteiger partial charge in [0, 0.05) is 5.75 Å². The van der Waals surface area contributed by atoms with E-state index in [0.29, 0.717) is 0 Å². The number of ether oxygens (including phenoxy) is 1. The van der Waals surface area contributed by atoms with E-state index in [4.69, 9.17) is 15.1 Å². The van der Waals surface area contributed by atoms with Crippen LogP contribution in [0.3, 0.4) is 0 Å². The Kier molecular flexibility index (Phi) is 21.6. The van der Waals surface area contributed by atoms with Gasteiger partial charge in [0.15, 0.2) is 0 Å². The van der Waals surface area contributed by atoms with Crippen LogP contribution in [0.4, 0.5) is 0 Å². The predicted molar refractivity (Wildman–Crippen MR) is 110 cm³/mol. The molecule has 148 valence electrons. The van der Waals surface area contributed by atoms with Crippen LogP contribution in [0.2, 0.25) is 0 Å². The number of hydrogen-bond acceptors (Lipinski definition) is 4. The number of nitrogens with zero attached hydrogens (tertiary/aromatic N) is 1. The van der Waals surface area contributed by atoms with Gasteiger partial charge in [0.2, 0.25) is 0 Å². The van der Waals surface area contributed by atoms with Gasteiger partial charge >= 0.3 is 0 Å². The first-order valence-corrected chi connectivity index (χ1v) is 11.7. The summed E-state index contributed by atoms with van der Waals surface area (Å²) < 4.78 is 5.23. The Hall–Kier alpha value is -0.240. The third-order valence-corrected chi connectivity index (χ3v) is 5.72. The number of thioether (sulfide) groups is 1. The summed E-state index contributed by atoms with van der Waals surface area (Å²) in [5, 5.41) is 17.6. The summed E-state index contributed by atoms with van der Waals surface area (Å²) >= 11 is 1.83. The Morgan fingerprint density at radius 2 is 1.32 bits per heavy atom. The van der Waals surface area contributed by atoms with E-state index in [1.807, 2.05) is 17.8 Å². The van der Waals surface area contributed by atoms with Crippen LogP contribution in [0.5, 0.6) is 0 Å². The topological polar surface area (TPSA) is 53.2 Å². The Bertz CT molecular complexity index is 294. The molecule has 4 heteroatoms. The van der Waals surface area contributed by atoms with Gasteiger partial charge in [0.05, 0.1) is 18.8 Å². The van der Waals surface area contributed by atoms with Crippen molar-refractivity contribution in [3.63, 3.8) is 0 Å². The van der Waals surface area contributed by atoms with Gasteiger partial charge in [0.25, 0.3) is 0 Å². The lowest BCUT2D eigenvalue weighted by molar-refractivity contribution is 0.0465. The van der Waals surface area contributed by atoms with Crippen LogP contribution < -0.4 is 0 Å². The van der Waals surface area contributed by atoms with Crippen LogP contribution in [-0.4, -0.2) is 35.9 Å². The molecule has 25 heavy (non-hydrogen) atoms. The molecule has 1 N–H and O–H groups in total. The summed E-state index contributed by atoms with van der Waals surface area (Å²) in [5.41, 5.74) is 0. The average Bonchev–Trinajstić information content (AvgIpc) is 2.63. The molecule has 0 amide bonds. The van der Waals surface area contributed by atoms with E-state index in [2.05, 4.69) is 6.92 Å². The zero-order valence-corrected chi connectivity index (χ0v) is 17.3. The molecule has 0 fully saturated rings. The van der Waals surface area contributed by atoms with Gasteiger partial charge in [-0.15, -0.1) is 0 Å². The largest absolute Gasteiger partial charge is 0.394 e. The summed E-state index contributed by atoms with van der Waals surface area (Å²) in [6.07, 6.45) is 19.3. The number of aliphatic hydroxyl groups is 1. The minimum atomic E-state index is -0.184. The third-order valence-electron chi connectivity index (χ3n) is 4.53. The fraction of sp³-hybridized carbons (Fsp3) is 0.952. The number of unbranched alkanes of at least 4 members (excludes halogenated alkanes) is 13. The highest BCUT2D eigenvalue weighted by atomic mass is 32.2. The number of aliphatic hydroxyl groups excluding tert-OH is 1. The molecule has 0 saturated heterocycles. The number of rotatable bonds is 20. The van der Waals surface area contributed by atoms with E-state index in [9.17, 15) is 0 Å². The van der Waals surface area contributed by atoms with E-state index >= 15 is 0 Å². The van der Waals surface area contributed by atoms with Gasteiger partial charge in [-0.3, -0.25) is 0 Å². The standard InChI is InChI=1S/C21H41NO2S/c1-2-3-4-5-6-7-8-9-10-11-12-13-14-15-18-25-20-21(19-23)24-17-16-22/h21,23H,2-15,17-20H2,1H3. The third kappa shape index (κ3) is 19.9. The van der Waals surface area contributed by atoms with Crippen molar-refractivity contribution in [3.05, 3.63) is 0 Å². The zero-order chi connectivity index (χ0) is 18.4. The molecule has 0 aliphatic rings. The minimum absolute atomic E-state index is 0.00736. The van der Waals surface area contributed by atoms with Crippen LogP contribution in [0.15, 0.2) is 0 Å². The second kappa shape index (κ2) is 21.8. The second-order valence-electron chi connectivity index (χ2n) is 6.94. The fourth-order valence-electron chi connectivity index (χ4n) is 2.92. The van der Waals surface area contributed by atoms with Gasteiger partial charge in [-0.05, 0) is 12.2 Å². The molecule has 0 aromatic heterocycles. The lowest BCUT2D eigenvalue weighted by atomic mass is 10.0. The molecule has 0 aliphatic heterocycles. The molecule has 0 aliphatic carbocycles. The van der Waals surface area contributed by atoms with Gasteiger partial charge < -0.3 is 9.84 Å². The van der Waals surface area contributed by atoms with Crippen molar-refractivity contribution in [1.82, 2.24) is 0 Å². The molecular weight excluding hydrogens is 330 g/mol. The molecule has 0 aromatic carbocycles. The van der Waals surface area contributed by atoms with Crippen LogP contribution in [0.25, 0.3) is 0 Å². The van der Waals surface area contributed by atoms with Gasteiger partial charge in [0.1, 0.15) is 6.61 Å². The molecule has 0 saturated carbocycles. The SMILES string of the molecule is CCCCCCCCCCCCCCCCSCC(CO)OCC#N. The molecule has 0 radical (unpaired) electrons. The highest BCUT2D eigenvalue weighted by Crippen LogP contribution is 2.14. The van der Waals surface area contributed by atoms with Gasteiger partial charge in [-0.1, -0.05) is 90.4 Å². The normalized spacial score (nSPS) is 12.2. The van der Waals surface area contributed by atoms with E-state index in [-0.39, 0.29) is 19.3 Å². The maximum absolute atomic E-state index is 9.13. The van der Waals surface area contributed by atoms with E-state index in [1.54, 1.807) is 0 Å². The van der Waals surface area contributed by atoms with E-state index in [0.717, 1.165) is 11.5 Å². The Morgan fingerprint density at radius 1 is 0.840 bits per heavy atom. The highest BCUT2D eigenvalue weighted by Gasteiger charge is 2.06. The summed E-state index contributed by atoms with van der Waals surface area (Å²) in [6.45, 7) is 2.36. The van der Waals surface area contributed by atoms with Crippen LogP contribution >= 0.6 is 11.8 Å². The van der Waals surface area contributed by atoms with Crippen molar-refractivity contribution in [3.8, 4) is 6.07 Å². The van der Waals surface area contributed by atoms with Gasteiger partial charge in [-0.2, -0.15) is 17.0 Å². The van der Waals surface area contributed by atoms with Crippen molar-refractivity contribution < 1.29 is 9.84 Å². The first kappa shape index (κ1) is 24.8. The van der Waals surface area contributed by atoms with Crippen LogP contribution in [0, 0.1) is 11.3 Å². The summed E-state index contributed by atoms with van der Waals surface area (Å²) in [5.74, 6) is 1.92. The predicted octanol–water partition coefficient (Wildman–Crippen LogP) is 6.10. The molecule has 0 spiro atoms. The van der Waals surface area contributed by atoms with Crippen molar-refractivity contribution in [2.24, 2.45) is 0 Å². The fourth-order valence-corrected chi connectivity index (χ4v) is 3.96. The Labute approximate surface area is 160 Å².